The molecule has 0 atom stereocenters. The third-order valence-corrected chi connectivity index (χ3v) is 3.61. The van der Waals surface area contributed by atoms with E-state index in [0.717, 1.165) is 41.9 Å². The second-order valence-corrected chi connectivity index (χ2v) is 5.64. The van der Waals surface area contributed by atoms with Crippen LogP contribution in [0.15, 0.2) is 35.1 Å². The highest BCUT2D eigenvalue weighted by Crippen LogP contribution is 2.23. The van der Waals surface area contributed by atoms with Gasteiger partial charge in [-0.3, -0.25) is 4.98 Å². The molecule has 0 radical (unpaired) electrons. The van der Waals surface area contributed by atoms with Crippen molar-refractivity contribution < 1.29 is 0 Å². The number of nitrogens with one attached hydrogen (secondary N) is 1. The highest BCUT2D eigenvalue weighted by atomic mass is 79.9. The maximum Gasteiger partial charge on any atom is 0.224 e. The zero-order chi connectivity index (χ0) is 15.1. The normalized spacial score (nSPS) is 10.4. The summed E-state index contributed by atoms with van der Waals surface area (Å²) >= 11 is 3.52. The lowest BCUT2D eigenvalue weighted by molar-refractivity contribution is 0.831. The van der Waals surface area contributed by atoms with Crippen molar-refractivity contribution in [2.45, 2.75) is 19.8 Å². The Morgan fingerprint density at radius 1 is 1.29 bits per heavy atom. The fourth-order valence-corrected chi connectivity index (χ4v) is 2.38. The third kappa shape index (κ3) is 4.67. The van der Waals surface area contributed by atoms with Crippen LogP contribution in [0.5, 0.6) is 0 Å². The topological polar surface area (TPSA) is 53.9 Å². The van der Waals surface area contributed by atoms with Crippen LogP contribution >= 0.6 is 15.9 Å². The summed E-state index contributed by atoms with van der Waals surface area (Å²) < 4.78 is 0.896. The zero-order valence-corrected chi connectivity index (χ0v) is 14.0. The van der Waals surface area contributed by atoms with Gasteiger partial charge in [0.1, 0.15) is 5.82 Å². The molecule has 0 saturated carbocycles. The molecule has 112 valence electrons. The summed E-state index contributed by atoms with van der Waals surface area (Å²) in [5.74, 6) is 1.55. The Labute approximate surface area is 134 Å². The number of likely N-dealkylation sites (N-methyl/N-ethyl adjacent to an activating group) is 1. The monoisotopic (exact) mass is 349 g/mol. The van der Waals surface area contributed by atoms with Crippen molar-refractivity contribution in [3.05, 3.63) is 40.8 Å². The van der Waals surface area contributed by atoms with E-state index >= 15 is 0 Å². The Morgan fingerprint density at radius 2 is 2.14 bits per heavy atom. The van der Waals surface area contributed by atoms with Gasteiger partial charge in [-0.15, -0.1) is 0 Å². The van der Waals surface area contributed by atoms with Gasteiger partial charge in [0.25, 0.3) is 0 Å². The van der Waals surface area contributed by atoms with Gasteiger partial charge in [0, 0.05) is 44.6 Å². The molecule has 0 saturated heterocycles. The van der Waals surface area contributed by atoms with Crippen molar-refractivity contribution in [1.82, 2.24) is 15.0 Å². The predicted octanol–water partition coefficient (Wildman–Crippen LogP) is 3.13. The van der Waals surface area contributed by atoms with E-state index in [0.29, 0.717) is 5.95 Å². The Kier molecular flexibility index (Phi) is 5.92. The second kappa shape index (κ2) is 7.93. The number of pyridine rings is 1. The molecular formula is C15H20BrN5. The molecule has 2 aromatic rings. The van der Waals surface area contributed by atoms with Crippen LogP contribution in [0, 0.1) is 0 Å². The fraction of sp³-hybridized carbons (Fsp3) is 0.400. The zero-order valence-electron chi connectivity index (χ0n) is 12.4. The maximum absolute atomic E-state index is 4.56. The summed E-state index contributed by atoms with van der Waals surface area (Å²) in [4.78, 5) is 15.3. The average Bonchev–Trinajstić information content (AvgIpc) is 2.53. The molecule has 0 unspecified atom stereocenters. The number of hydrogen-bond acceptors (Lipinski definition) is 5. The molecule has 0 bridgehead atoms. The standard InChI is InChI=1S/C15H20BrN5/c1-3-8-18-15-19-11-13(16)14(20-15)21(2)10-7-12-6-4-5-9-17-12/h4-6,9,11H,3,7-8,10H2,1-2H3,(H,18,19,20). The first kappa shape index (κ1) is 15.7. The van der Waals surface area contributed by atoms with Crippen molar-refractivity contribution in [2.24, 2.45) is 0 Å². The first-order valence-electron chi connectivity index (χ1n) is 7.08. The summed E-state index contributed by atoms with van der Waals surface area (Å²) in [7, 11) is 2.03. The van der Waals surface area contributed by atoms with E-state index in [4.69, 9.17) is 0 Å². The minimum Gasteiger partial charge on any atom is -0.358 e. The quantitative estimate of drug-likeness (QED) is 0.832. The molecule has 0 aliphatic heterocycles. The summed E-state index contributed by atoms with van der Waals surface area (Å²) in [6.07, 6.45) is 5.54. The molecular weight excluding hydrogens is 330 g/mol. The number of aromatic nitrogens is 3. The molecule has 0 fully saturated rings. The largest absolute Gasteiger partial charge is 0.358 e. The van der Waals surface area contributed by atoms with Crippen LogP contribution in [0.25, 0.3) is 0 Å². The van der Waals surface area contributed by atoms with Gasteiger partial charge in [0.2, 0.25) is 5.95 Å². The Hall–Kier alpha value is -1.69. The first-order chi connectivity index (χ1) is 10.2. The average molecular weight is 350 g/mol. The van der Waals surface area contributed by atoms with Crippen LogP contribution in [-0.4, -0.2) is 35.1 Å². The van der Waals surface area contributed by atoms with Gasteiger partial charge in [-0.05, 0) is 34.5 Å². The predicted molar refractivity (Wildman–Crippen MR) is 89.7 cm³/mol. The van der Waals surface area contributed by atoms with Gasteiger partial charge in [0.05, 0.1) is 4.47 Å². The van der Waals surface area contributed by atoms with Crippen molar-refractivity contribution in [3.63, 3.8) is 0 Å². The van der Waals surface area contributed by atoms with Crippen LogP contribution in [0.3, 0.4) is 0 Å². The van der Waals surface area contributed by atoms with E-state index in [1.54, 1.807) is 6.20 Å². The lowest BCUT2D eigenvalue weighted by Gasteiger charge is -2.19. The number of rotatable bonds is 7. The first-order valence-corrected chi connectivity index (χ1v) is 7.87. The van der Waals surface area contributed by atoms with Gasteiger partial charge in [0.15, 0.2) is 0 Å². The molecule has 21 heavy (non-hydrogen) atoms. The van der Waals surface area contributed by atoms with Crippen molar-refractivity contribution in [2.75, 3.05) is 30.4 Å². The molecule has 2 aromatic heterocycles. The number of nitrogens with zero attached hydrogens (tertiary/aromatic N) is 4. The van der Waals surface area contributed by atoms with Gasteiger partial charge in [-0.1, -0.05) is 13.0 Å². The van der Waals surface area contributed by atoms with Crippen LogP contribution in [0.2, 0.25) is 0 Å². The van der Waals surface area contributed by atoms with Gasteiger partial charge >= 0.3 is 0 Å². The fourth-order valence-electron chi connectivity index (χ4n) is 1.88. The van der Waals surface area contributed by atoms with E-state index in [9.17, 15) is 0 Å². The lowest BCUT2D eigenvalue weighted by Crippen LogP contribution is -2.23. The molecule has 0 amide bonds. The minimum atomic E-state index is 0.666. The lowest BCUT2D eigenvalue weighted by atomic mass is 10.2. The molecule has 2 heterocycles. The van der Waals surface area contributed by atoms with Crippen LogP contribution < -0.4 is 10.2 Å². The summed E-state index contributed by atoms with van der Waals surface area (Å²) in [5.41, 5.74) is 1.08. The summed E-state index contributed by atoms with van der Waals surface area (Å²) in [5, 5.41) is 3.21. The van der Waals surface area contributed by atoms with Crippen LogP contribution in [0.1, 0.15) is 19.0 Å². The smallest absolute Gasteiger partial charge is 0.224 e. The minimum absolute atomic E-state index is 0.666. The maximum atomic E-state index is 4.56. The molecule has 2 rings (SSSR count). The van der Waals surface area contributed by atoms with Gasteiger partial charge < -0.3 is 10.2 Å². The van der Waals surface area contributed by atoms with Crippen molar-refractivity contribution >= 4 is 27.7 Å². The Balaban J connectivity index is 2.02. The number of anilines is 2. The van der Waals surface area contributed by atoms with Crippen molar-refractivity contribution in [1.29, 1.82) is 0 Å². The molecule has 5 nitrogen and oxygen atoms in total. The Bertz CT molecular complexity index is 561. The van der Waals surface area contributed by atoms with E-state index in [2.05, 4.69) is 48.0 Å². The molecule has 0 aliphatic rings. The SMILES string of the molecule is CCCNc1ncc(Br)c(N(C)CCc2ccccn2)n1. The van der Waals surface area contributed by atoms with E-state index < -0.39 is 0 Å². The molecule has 0 spiro atoms. The highest BCUT2D eigenvalue weighted by molar-refractivity contribution is 9.10. The highest BCUT2D eigenvalue weighted by Gasteiger charge is 2.10. The Morgan fingerprint density at radius 3 is 2.86 bits per heavy atom. The summed E-state index contributed by atoms with van der Waals surface area (Å²) in [6.45, 7) is 3.84. The number of halogens is 1. The summed E-state index contributed by atoms with van der Waals surface area (Å²) in [6, 6.07) is 5.98. The van der Waals surface area contributed by atoms with Crippen LogP contribution in [0.4, 0.5) is 11.8 Å². The third-order valence-electron chi connectivity index (χ3n) is 3.05. The van der Waals surface area contributed by atoms with E-state index in [1.165, 1.54) is 0 Å². The number of hydrogen-bond donors (Lipinski definition) is 1. The molecule has 6 heteroatoms. The molecule has 1 N–H and O–H groups in total. The van der Waals surface area contributed by atoms with Crippen LogP contribution in [-0.2, 0) is 6.42 Å². The molecule has 0 aliphatic carbocycles. The van der Waals surface area contributed by atoms with E-state index in [1.807, 2.05) is 31.4 Å². The second-order valence-electron chi connectivity index (χ2n) is 4.78. The van der Waals surface area contributed by atoms with Gasteiger partial charge in [-0.2, -0.15) is 4.98 Å². The van der Waals surface area contributed by atoms with Gasteiger partial charge in [-0.25, -0.2) is 4.98 Å². The van der Waals surface area contributed by atoms with Crippen molar-refractivity contribution in [3.8, 4) is 0 Å². The molecule has 0 aromatic carbocycles. The van der Waals surface area contributed by atoms with E-state index in [-0.39, 0.29) is 0 Å².